The largest absolute Gasteiger partial charge is 0.392 e. The van der Waals surface area contributed by atoms with Crippen LogP contribution in [0.3, 0.4) is 0 Å². The summed E-state index contributed by atoms with van der Waals surface area (Å²) in [5.74, 6) is 0. The van der Waals surface area contributed by atoms with E-state index in [2.05, 4.69) is 5.10 Å². The van der Waals surface area contributed by atoms with Crippen LogP contribution >= 0.6 is 0 Å². The number of aliphatic hydroxyl groups excluding tert-OH is 1. The van der Waals surface area contributed by atoms with E-state index >= 15 is 0 Å². The van der Waals surface area contributed by atoms with Crippen LogP contribution in [0.1, 0.15) is 17.0 Å². The van der Waals surface area contributed by atoms with Crippen molar-refractivity contribution < 1.29 is 5.11 Å². The molecule has 0 spiro atoms. The van der Waals surface area contributed by atoms with Crippen LogP contribution in [0.2, 0.25) is 0 Å². The second-order valence-corrected chi connectivity index (χ2v) is 4.45. The average molecular weight is 230 g/mol. The average Bonchev–Trinajstić information content (AvgIpc) is 2.58. The fourth-order valence-corrected chi connectivity index (χ4v) is 2.06. The molecule has 0 fully saturated rings. The summed E-state index contributed by atoms with van der Waals surface area (Å²) in [5.41, 5.74) is 3.24. The Morgan fingerprint density at radius 1 is 1.24 bits per heavy atom. The summed E-state index contributed by atoms with van der Waals surface area (Å²) in [4.78, 5) is 0. The third-order valence-electron chi connectivity index (χ3n) is 2.86. The summed E-state index contributed by atoms with van der Waals surface area (Å²) in [7, 11) is 1.91. The minimum absolute atomic E-state index is 0.354. The molecule has 2 aromatic rings. The third-order valence-corrected chi connectivity index (χ3v) is 2.86. The number of rotatable bonds is 4. The van der Waals surface area contributed by atoms with Gasteiger partial charge in [-0.15, -0.1) is 0 Å². The van der Waals surface area contributed by atoms with Crippen LogP contribution < -0.4 is 0 Å². The molecule has 0 aliphatic rings. The number of nitrogens with zero attached hydrogens (tertiary/aromatic N) is 2. The van der Waals surface area contributed by atoms with Gasteiger partial charge in [0.15, 0.2) is 0 Å². The van der Waals surface area contributed by atoms with Crippen LogP contribution in [0.4, 0.5) is 0 Å². The van der Waals surface area contributed by atoms with Crippen LogP contribution in [0.15, 0.2) is 36.4 Å². The molecule has 0 saturated heterocycles. The summed E-state index contributed by atoms with van der Waals surface area (Å²) in [6, 6.07) is 12.1. The number of aromatic nitrogens is 2. The van der Waals surface area contributed by atoms with Gasteiger partial charge < -0.3 is 5.11 Å². The first-order valence-corrected chi connectivity index (χ1v) is 5.86. The van der Waals surface area contributed by atoms with Gasteiger partial charge in [0.1, 0.15) is 0 Å². The van der Waals surface area contributed by atoms with E-state index in [0.29, 0.717) is 12.8 Å². The standard InChI is InChI=1S/C14H18N2O/c1-11-8-13(16(2)15-11)10-14(17)9-12-6-4-3-5-7-12/h3-8,14,17H,9-10H2,1-2H3. The number of hydrogen-bond donors (Lipinski definition) is 1. The van der Waals surface area contributed by atoms with Crippen molar-refractivity contribution in [3.63, 3.8) is 0 Å². The maximum Gasteiger partial charge on any atom is 0.0635 e. The Morgan fingerprint density at radius 2 is 1.94 bits per heavy atom. The van der Waals surface area contributed by atoms with Gasteiger partial charge in [0.25, 0.3) is 0 Å². The second kappa shape index (κ2) is 5.15. The Bertz CT molecular complexity index is 476. The Morgan fingerprint density at radius 3 is 2.53 bits per heavy atom. The fourth-order valence-electron chi connectivity index (χ4n) is 2.06. The van der Waals surface area contributed by atoms with Gasteiger partial charge in [-0.25, -0.2) is 0 Å². The van der Waals surface area contributed by atoms with Gasteiger partial charge in [-0.2, -0.15) is 5.10 Å². The van der Waals surface area contributed by atoms with Crippen molar-refractivity contribution in [2.75, 3.05) is 0 Å². The lowest BCUT2D eigenvalue weighted by atomic mass is 10.0. The van der Waals surface area contributed by atoms with Gasteiger partial charge in [-0.3, -0.25) is 4.68 Å². The molecule has 1 aromatic heterocycles. The molecule has 0 aliphatic heterocycles. The molecule has 1 heterocycles. The molecule has 0 radical (unpaired) electrons. The van der Waals surface area contributed by atoms with Crippen LogP contribution in [-0.4, -0.2) is 21.0 Å². The highest BCUT2D eigenvalue weighted by Crippen LogP contribution is 2.09. The zero-order valence-corrected chi connectivity index (χ0v) is 10.3. The van der Waals surface area contributed by atoms with Gasteiger partial charge >= 0.3 is 0 Å². The molecule has 1 aromatic carbocycles. The highest BCUT2D eigenvalue weighted by atomic mass is 16.3. The highest BCUT2D eigenvalue weighted by Gasteiger charge is 2.10. The molecule has 90 valence electrons. The van der Waals surface area contributed by atoms with Crippen LogP contribution in [0, 0.1) is 6.92 Å². The maximum atomic E-state index is 10.0. The maximum absolute atomic E-state index is 10.0. The zero-order valence-electron chi connectivity index (χ0n) is 10.3. The molecule has 0 aliphatic carbocycles. The van der Waals surface area contributed by atoms with E-state index < -0.39 is 0 Å². The number of aryl methyl sites for hydroxylation is 2. The quantitative estimate of drug-likeness (QED) is 0.870. The lowest BCUT2D eigenvalue weighted by molar-refractivity contribution is 0.173. The molecular weight excluding hydrogens is 212 g/mol. The second-order valence-electron chi connectivity index (χ2n) is 4.45. The summed E-state index contributed by atoms with van der Waals surface area (Å²) < 4.78 is 1.84. The molecule has 1 N–H and O–H groups in total. The van der Waals surface area contributed by atoms with E-state index in [0.717, 1.165) is 11.4 Å². The Balaban J connectivity index is 1.98. The van der Waals surface area contributed by atoms with Crippen LogP contribution in [0.5, 0.6) is 0 Å². The monoisotopic (exact) mass is 230 g/mol. The van der Waals surface area contributed by atoms with E-state index in [9.17, 15) is 5.11 Å². The molecule has 1 atom stereocenters. The van der Waals surface area contributed by atoms with Crippen molar-refractivity contribution >= 4 is 0 Å². The SMILES string of the molecule is Cc1cc(CC(O)Cc2ccccc2)n(C)n1. The van der Waals surface area contributed by atoms with Gasteiger partial charge in [-0.05, 0) is 25.0 Å². The molecule has 3 heteroatoms. The number of hydrogen-bond acceptors (Lipinski definition) is 2. The summed E-state index contributed by atoms with van der Waals surface area (Å²) in [5, 5.41) is 14.3. The van der Waals surface area contributed by atoms with Crippen LogP contribution in [-0.2, 0) is 19.9 Å². The Hall–Kier alpha value is -1.61. The minimum Gasteiger partial charge on any atom is -0.392 e. The highest BCUT2D eigenvalue weighted by molar-refractivity contribution is 5.16. The molecule has 0 bridgehead atoms. The van der Waals surface area contributed by atoms with Gasteiger partial charge in [0, 0.05) is 19.2 Å². The molecule has 1 unspecified atom stereocenters. The fraction of sp³-hybridized carbons (Fsp3) is 0.357. The number of benzene rings is 1. The van der Waals surface area contributed by atoms with Crippen molar-refractivity contribution in [1.82, 2.24) is 9.78 Å². The first-order chi connectivity index (χ1) is 8.15. The topological polar surface area (TPSA) is 38.0 Å². The van der Waals surface area contributed by atoms with Gasteiger partial charge in [-0.1, -0.05) is 30.3 Å². The van der Waals surface area contributed by atoms with E-state index in [1.807, 2.05) is 55.1 Å². The van der Waals surface area contributed by atoms with Crippen molar-refractivity contribution in [3.05, 3.63) is 53.3 Å². The predicted molar refractivity (Wildman–Crippen MR) is 67.8 cm³/mol. The number of aliphatic hydroxyl groups is 1. The zero-order chi connectivity index (χ0) is 12.3. The third kappa shape index (κ3) is 3.17. The van der Waals surface area contributed by atoms with E-state index in [4.69, 9.17) is 0 Å². The van der Waals surface area contributed by atoms with E-state index in [1.54, 1.807) is 0 Å². The Labute approximate surface area is 102 Å². The molecule has 17 heavy (non-hydrogen) atoms. The van der Waals surface area contributed by atoms with Crippen molar-refractivity contribution in [2.45, 2.75) is 25.9 Å². The molecule has 0 saturated carbocycles. The first-order valence-electron chi connectivity index (χ1n) is 5.86. The minimum atomic E-state index is -0.354. The van der Waals surface area contributed by atoms with Gasteiger partial charge in [0.05, 0.1) is 11.8 Å². The summed E-state index contributed by atoms with van der Waals surface area (Å²) >= 11 is 0. The molecule has 0 amide bonds. The molecule has 2 rings (SSSR count). The van der Waals surface area contributed by atoms with E-state index in [1.165, 1.54) is 5.56 Å². The smallest absolute Gasteiger partial charge is 0.0635 e. The first kappa shape index (κ1) is 11.9. The van der Waals surface area contributed by atoms with Crippen LogP contribution in [0.25, 0.3) is 0 Å². The molecule has 3 nitrogen and oxygen atoms in total. The van der Waals surface area contributed by atoms with Crippen molar-refractivity contribution in [2.24, 2.45) is 7.05 Å². The van der Waals surface area contributed by atoms with Crippen molar-refractivity contribution in [1.29, 1.82) is 0 Å². The Kier molecular flexibility index (Phi) is 3.59. The van der Waals surface area contributed by atoms with Crippen molar-refractivity contribution in [3.8, 4) is 0 Å². The van der Waals surface area contributed by atoms with E-state index in [-0.39, 0.29) is 6.10 Å². The lowest BCUT2D eigenvalue weighted by Crippen LogP contribution is -2.16. The lowest BCUT2D eigenvalue weighted by Gasteiger charge is -2.10. The summed E-state index contributed by atoms with van der Waals surface area (Å²) in [6.45, 7) is 1.97. The molecular formula is C14H18N2O. The normalized spacial score (nSPS) is 12.6. The van der Waals surface area contributed by atoms with Gasteiger partial charge in [0.2, 0.25) is 0 Å². The summed E-state index contributed by atoms with van der Waals surface area (Å²) in [6.07, 6.45) is 0.976. The predicted octanol–water partition coefficient (Wildman–Crippen LogP) is 1.87.